The minimum absolute atomic E-state index is 0.236. The molecule has 2 aliphatic heterocycles. The predicted octanol–water partition coefficient (Wildman–Crippen LogP) is 1.07. The van der Waals surface area contributed by atoms with Gasteiger partial charge < -0.3 is 5.32 Å². The molecular formula is C14H27N3O. The summed E-state index contributed by atoms with van der Waals surface area (Å²) in [6.07, 6.45) is 2.91. The van der Waals surface area contributed by atoms with E-state index in [9.17, 15) is 4.79 Å². The van der Waals surface area contributed by atoms with E-state index in [0.717, 1.165) is 45.6 Å². The number of carbonyl (C=O) groups excluding carboxylic acids is 1. The number of hydrogen-bond acceptors (Lipinski definition) is 3. The summed E-state index contributed by atoms with van der Waals surface area (Å²) in [6, 6.07) is 0.382. The van der Waals surface area contributed by atoms with Crippen molar-refractivity contribution in [1.82, 2.24) is 15.1 Å². The van der Waals surface area contributed by atoms with E-state index in [1.807, 2.05) is 0 Å². The van der Waals surface area contributed by atoms with Crippen molar-refractivity contribution in [1.29, 1.82) is 0 Å². The van der Waals surface area contributed by atoms with Gasteiger partial charge in [0.15, 0.2) is 0 Å². The molecule has 0 aliphatic carbocycles. The number of nitrogens with zero attached hydrogens (tertiary/aromatic N) is 2. The number of amides is 1. The minimum atomic E-state index is 0.236. The van der Waals surface area contributed by atoms with Crippen LogP contribution >= 0.6 is 0 Å². The molecular weight excluding hydrogens is 226 g/mol. The monoisotopic (exact) mass is 253 g/mol. The number of nitrogens with one attached hydrogen (secondary N) is 1. The molecule has 1 N–H and O–H groups in total. The Kier molecular flexibility index (Phi) is 4.28. The Morgan fingerprint density at radius 2 is 1.89 bits per heavy atom. The molecule has 0 bridgehead atoms. The Hall–Kier alpha value is -0.610. The van der Waals surface area contributed by atoms with Crippen molar-refractivity contribution in [3.8, 4) is 0 Å². The molecule has 2 fully saturated rings. The molecule has 18 heavy (non-hydrogen) atoms. The molecule has 0 aromatic rings. The molecule has 0 aromatic heterocycles. The van der Waals surface area contributed by atoms with Crippen LogP contribution in [0.1, 0.15) is 40.0 Å². The zero-order valence-electron chi connectivity index (χ0n) is 12.0. The molecule has 1 atom stereocenters. The first-order valence-electron chi connectivity index (χ1n) is 7.22. The molecule has 2 saturated heterocycles. The number of hydrogen-bond donors (Lipinski definition) is 1. The Balaban J connectivity index is 1.75. The van der Waals surface area contributed by atoms with Gasteiger partial charge in [-0.2, -0.15) is 0 Å². The van der Waals surface area contributed by atoms with Gasteiger partial charge in [-0.3, -0.25) is 14.6 Å². The van der Waals surface area contributed by atoms with Crippen molar-refractivity contribution in [3.63, 3.8) is 0 Å². The fourth-order valence-corrected chi connectivity index (χ4v) is 2.93. The lowest BCUT2D eigenvalue weighted by molar-refractivity contribution is -0.123. The van der Waals surface area contributed by atoms with Gasteiger partial charge >= 0.3 is 0 Å². The number of piperidine rings is 1. The Labute approximate surface area is 111 Å². The van der Waals surface area contributed by atoms with E-state index in [-0.39, 0.29) is 11.4 Å². The van der Waals surface area contributed by atoms with Crippen molar-refractivity contribution < 1.29 is 4.79 Å². The van der Waals surface area contributed by atoms with Gasteiger partial charge in [0.05, 0.1) is 0 Å². The maximum Gasteiger partial charge on any atom is 0.220 e. The van der Waals surface area contributed by atoms with E-state index in [1.165, 1.54) is 0 Å². The topological polar surface area (TPSA) is 35.6 Å². The summed E-state index contributed by atoms with van der Waals surface area (Å²) in [7, 11) is 0. The average molecular weight is 253 g/mol. The first-order valence-corrected chi connectivity index (χ1v) is 7.22. The van der Waals surface area contributed by atoms with E-state index in [0.29, 0.717) is 12.5 Å². The van der Waals surface area contributed by atoms with Crippen LogP contribution in [0.25, 0.3) is 0 Å². The molecule has 2 heterocycles. The van der Waals surface area contributed by atoms with Crippen LogP contribution < -0.4 is 5.32 Å². The maximum absolute atomic E-state index is 11.4. The molecule has 4 heteroatoms. The van der Waals surface area contributed by atoms with E-state index >= 15 is 0 Å². The Bertz CT molecular complexity index is 290. The highest BCUT2D eigenvalue weighted by atomic mass is 16.1. The van der Waals surface area contributed by atoms with Crippen LogP contribution in [0.3, 0.4) is 0 Å². The average Bonchev–Trinajstić information content (AvgIpc) is 2.28. The second kappa shape index (κ2) is 5.57. The second-order valence-corrected chi connectivity index (χ2v) is 6.62. The second-order valence-electron chi connectivity index (χ2n) is 6.62. The summed E-state index contributed by atoms with van der Waals surface area (Å²) in [5, 5.41) is 3.11. The molecule has 1 amide bonds. The first kappa shape index (κ1) is 13.8. The fraction of sp³-hybridized carbons (Fsp3) is 0.929. The van der Waals surface area contributed by atoms with E-state index < -0.39 is 0 Å². The van der Waals surface area contributed by atoms with Crippen molar-refractivity contribution in [3.05, 3.63) is 0 Å². The molecule has 0 radical (unpaired) electrons. The predicted molar refractivity (Wildman–Crippen MR) is 73.5 cm³/mol. The summed E-state index contributed by atoms with van der Waals surface area (Å²) >= 11 is 0. The largest absolute Gasteiger partial charge is 0.352 e. The lowest BCUT2D eigenvalue weighted by Crippen LogP contribution is -2.56. The molecule has 0 saturated carbocycles. The van der Waals surface area contributed by atoms with Crippen LogP contribution in [0.2, 0.25) is 0 Å². The van der Waals surface area contributed by atoms with Crippen LogP contribution in [0.4, 0.5) is 0 Å². The van der Waals surface area contributed by atoms with Crippen LogP contribution in [0.15, 0.2) is 0 Å². The van der Waals surface area contributed by atoms with Crippen molar-refractivity contribution in [2.45, 2.75) is 51.6 Å². The van der Waals surface area contributed by atoms with Crippen molar-refractivity contribution in [2.24, 2.45) is 0 Å². The van der Waals surface area contributed by atoms with Gasteiger partial charge in [-0.15, -0.1) is 0 Å². The van der Waals surface area contributed by atoms with Gasteiger partial charge in [0, 0.05) is 50.7 Å². The van der Waals surface area contributed by atoms with E-state index in [4.69, 9.17) is 0 Å². The summed E-state index contributed by atoms with van der Waals surface area (Å²) in [5.74, 6) is 0.236. The minimum Gasteiger partial charge on any atom is -0.352 e. The van der Waals surface area contributed by atoms with Gasteiger partial charge in [-0.1, -0.05) is 0 Å². The lowest BCUT2D eigenvalue weighted by atomic mass is 10.0. The highest BCUT2D eigenvalue weighted by Crippen LogP contribution is 2.17. The highest BCUT2D eigenvalue weighted by molar-refractivity contribution is 5.76. The molecule has 0 aromatic carbocycles. The number of piperazine rings is 1. The van der Waals surface area contributed by atoms with E-state index in [1.54, 1.807) is 0 Å². The third kappa shape index (κ3) is 3.69. The van der Waals surface area contributed by atoms with Crippen LogP contribution in [0, 0.1) is 0 Å². The molecule has 2 aliphatic rings. The summed E-state index contributed by atoms with van der Waals surface area (Å²) in [5.41, 5.74) is 0.283. The Morgan fingerprint density at radius 1 is 1.22 bits per heavy atom. The Morgan fingerprint density at radius 3 is 2.44 bits per heavy atom. The summed E-state index contributed by atoms with van der Waals surface area (Å²) < 4.78 is 0. The van der Waals surface area contributed by atoms with Crippen LogP contribution in [-0.2, 0) is 4.79 Å². The highest BCUT2D eigenvalue weighted by Gasteiger charge is 2.27. The quantitative estimate of drug-likeness (QED) is 0.799. The van der Waals surface area contributed by atoms with Gasteiger partial charge in [-0.25, -0.2) is 0 Å². The summed E-state index contributed by atoms with van der Waals surface area (Å²) in [4.78, 5) is 16.4. The molecule has 1 unspecified atom stereocenters. The SMILES string of the molecule is CC(C)(C)N1CCN(CC2CCCC(=O)N2)CC1. The molecule has 4 nitrogen and oxygen atoms in total. The van der Waals surface area contributed by atoms with Gasteiger partial charge in [0.2, 0.25) is 5.91 Å². The van der Waals surface area contributed by atoms with Crippen LogP contribution in [0.5, 0.6) is 0 Å². The third-order valence-corrected chi connectivity index (χ3v) is 4.12. The van der Waals surface area contributed by atoms with Crippen molar-refractivity contribution in [2.75, 3.05) is 32.7 Å². The number of rotatable bonds is 2. The van der Waals surface area contributed by atoms with Gasteiger partial charge in [0.25, 0.3) is 0 Å². The standard InChI is InChI=1S/C14H27N3O/c1-14(2,3)17-9-7-16(8-10-17)11-12-5-4-6-13(18)15-12/h12H,4-11H2,1-3H3,(H,15,18). The normalized spacial score (nSPS) is 28.2. The van der Waals surface area contributed by atoms with E-state index in [2.05, 4.69) is 35.9 Å². The summed E-state index contributed by atoms with van der Waals surface area (Å²) in [6.45, 7) is 12.4. The third-order valence-electron chi connectivity index (χ3n) is 4.12. The zero-order chi connectivity index (χ0) is 13.2. The maximum atomic E-state index is 11.4. The fourth-order valence-electron chi connectivity index (χ4n) is 2.93. The molecule has 2 rings (SSSR count). The van der Waals surface area contributed by atoms with Gasteiger partial charge in [0.1, 0.15) is 0 Å². The van der Waals surface area contributed by atoms with Crippen LogP contribution in [-0.4, -0.2) is 60.0 Å². The van der Waals surface area contributed by atoms with Crippen molar-refractivity contribution >= 4 is 5.91 Å². The smallest absolute Gasteiger partial charge is 0.220 e. The zero-order valence-corrected chi connectivity index (χ0v) is 12.0. The number of carbonyl (C=O) groups is 1. The van der Waals surface area contributed by atoms with Gasteiger partial charge in [-0.05, 0) is 33.6 Å². The lowest BCUT2D eigenvalue weighted by Gasteiger charge is -2.43. The molecule has 104 valence electrons. The molecule has 0 spiro atoms. The first-order chi connectivity index (χ1) is 8.45.